The van der Waals surface area contributed by atoms with Gasteiger partial charge >= 0.3 is 0 Å². The number of carbonyl (C=O) groups excluding carboxylic acids is 1. The summed E-state index contributed by atoms with van der Waals surface area (Å²) in [6.45, 7) is 5.43. The first kappa shape index (κ1) is 15.9. The molecule has 1 amide bonds. The molecule has 0 saturated heterocycles. The first-order valence-electron chi connectivity index (χ1n) is 5.93. The zero-order valence-corrected chi connectivity index (χ0v) is 11.0. The van der Waals surface area contributed by atoms with Gasteiger partial charge in [-0.2, -0.15) is 5.26 Å². The van der Waals surface area contributed by atoms with E-state index in [9.17, 15) is 4.79 Å². The van der Waals surface area contributed by atoms with E-state index in [1.54, 1.807) is 12.0 Å². The molecule has 0 aliphatic heterocycles. The highest BCUT2D eigenvalue weighted by molar-refractivity contribution is 5.81. The van der Waals surface area contributed by atoms with Crippen molar-refractivity contribution in [2.45, 2.75) is 32.7 Å². The first-order valence-corrected chi connectivity index (χ1v) is 5.93. The van der Waals surface area contributed by atoms with Gasteiger partial charge in [0, 0.05) is 20.2 Å². The number of rotatable bonds is 8. The lowest BCUT2D eigenvalue weighted by atomic mass is 10.0. The van der Waals surface area contributed by atoms with Crippen LogP contribution in [0.1, 0.15) is 26.7 Å². The second kappa shape index (κ2) is 8.97. The fourth-order valence-corrected chi connectivity index (χ4v) is 1.56. The van der Waals surface area contributed by atoms with Crippen LogP contribution in [0.15, 0.2) is 0 Å². The van der Waals surface area contributed by atoms with Crippen molar-refractivity contribution in [2.75, 3.05) is 26.8 Å². The molecule has 0 aromatic carbocycles. The Hall–Kier alpha value is -1.12. The van der Waals surface area contributed by atoms with Gasteiger partial charge in [-0.25, -0.2) is 0 Å². The van der Waals surface area contributed by atoms with E-state index in [1.165, 1.54) is 0 Å². The van der Waals surface area contributed by atoms with Crippen LogP contribution in [-0.2, 0) is 9.53 Å². The summed E-state index contributed by atoms with van der Waals surface area (Å²) >= 11 is 0. The molecule has 0 radical (unpaired) electrons. The number of nitriles is 1. The standard InChI is InChI=1S/C12H23N3O2/c1-10(2)9-11(14)12(16)15(6-4-5-13)7-8-17-3/h10-11H,4,6-9,14H2,1-3H3/t11-/m1/s1. The monoisotopic (exact) mass is 241 g/mol. The molecule has 0 aromatic heterocycles. The van der Waals surface area contributed by atoms with Gasteiger partial charge in [-0.3, -0.25) is 4.79 Å². The largest absolute Gasteiger partial charge is 0.383 e. The number of hydrogen-bond donors (Lipinski definition) is 1. The Labute approximate surface area is 104 Å². The highest BCUT2D eigenvalue weighted by atomic mass is 16.5. The molecule has 5 nitrogen and oxygen atoms in total. The molecular weight excluding hydrogens is 218 g/mol. The van der Waals surface area contributed by atoms with Gasteiger partial charge in [0.05, 0.1) is 25.1 Å². The molecule has 98 valence electrons. The number of carbonyl (C=O) groups is 1. The molecule has 0 rings (SSSR count). The maximum atomic E-state index is 12.0. The van der Waals surface area contributed by atoms with Gasteiger partial charge in [-0.15, -0.1) is 0 Å². The van der Waals surface area contributed by atoms with Crippen LogP contribution in [-0.4, -0.2) is 43.7 Å². The maximum Gasteiger partial charge on any atom is 0.239 e. The fraction of sp³-hybridized carbons (Fsp3) is 0.833. The molecular formula is C12H23N3O2. The van der Waals surface area contributed by atoms with E-state index in [0.717, 1.165) is 0 Å². The maximum absolute atomic E-state index is 12.0. The SMILES string of the molecule is COCCN(CCC#N)C(=O)[C@H](N)CC(C)C. The summed E-state index contributed by atoms with van der Waals surface area (Å²) in [5, 5.41) is 8.56. The molecule has 0 aliphatic carbocycles. The third kappa shape index (κ3) is 6.93. The lowest BCUT2D eigenvalue weighted by molar-refractivity contribution is -0.133. The van der Waals surface area contributed by atoms with Crippen molar-refractivity contribution in [2.24, 2.45) is 11.7 Å². The summed E-state index contributed by atoms with van der Waals surface area (Å²) in [4.78, 5) is 13.6. The second-order valence-electron chi connectivity index (χ2n) is 4.46. The van der Waals surface area contributed by atoms with Crippen molar-refractivity contribution in [3.8, 4) is 6.07 Å². The topological polar surface area (TPSA) is 79.3 Å². The summed E-state index contributed by atoms with van der Waals surface area (Å²) in [5.74, 6) is 0.292. The molecule has 5 heteroatoms. The van der Waals surface area contributed by atoms with Gasteiger partial charge in [0.1, 0.15) is 0 Å². The Morgan fingerprint density at radius 1 is 1.47 bits per heavy atom. The molecule has 2 N–H and O–H groups in total. The number of methoxy groups -OCH3 is 1. The van der Waals surface area contributed by atoms with Crippen LogP contribution in [0.3, 0.4) is 0 Å². The van der Waals surface area contributed by atoms with Crippen molar-refractivity contribution >= 4 is 5.91 Å². The lowest BCUT2D eigenvalue weighted by Gasteiger charge is -2.25. The molecule has 0 heterocycles. The van der Waals surface area contributed by atoms with E-state index in [1.807, 2.05) is 19.9 Å². The normalized spacial score (nSPS) is 12.2. The predicted octanol–water partition coefficient (Wildman–Crippen LogP) is 0.748. The third-order valence-corrected chi connectivity index (χ3v) is 2.41. The zero-order chi connectivity index (χ0) is 13.3. The van der Waals surface area contributed by atoms with Crippen LogP contribution >= 0.6 is 0 Å². The third-order valence-electron chi connectivity index (χ3n) is 2.41. The number of amides is 1. The minimum Gasteiger partial charge on any atom is -0.383 e. The van der Waals surface area contributed by atoms with Gasteiger partial charge in [-0.05, 0) is 12.3 Å². The quantitative estimate of drug-likeness (QED) is 0.680. The van der Waals surface area contributed by atoms with E-state index >= 15 is 0 Å². The van der Waals surface area contributed by atoms with Gasteiger partial charge < -0.3 is 15.4 Å². The Balaban J connectivity index is 4.34. The Bertz CT molecular complexity index is 261. The van der Waals surface area contributed by atoms with Crippen molar-refractivity contribution in [3.63, 3.8) is 0 Å². The van der Waals surface area contributed by atoms with Crippen LogP contribution in [0.2, 0.25) is 0 Å². The Morgan fingerprint density at radius 3 is 2.59 bits per heavy atom. The summed E-state index contributed by atoms with van der Waals surface area (Å²) in [6.07, 6.45) is 0.985. The summed E-state index contributed by atoms with van der Waals surface area (Å²) < 4.78 is 4.95. The number of hydrogen-bond acceptors (Lipinski definition) is 4. The molecule has 0 saturated carbocycles. The van der Waals surface area contributed by atoms with Gasteiger partial charge in [-0.1, -0.05) is 13.8 Å². The lowest BCUT2D eigenvalue weighted by Crippen LogP contribution is -2.46. The van der Waals surface area contributed by atoms with Crippen LogP contribution in [0.4, 0.5) is 0 Å². The minimum absolute atomic E-state index is 0.0917. The van der Waals surface area contributed by atoms with E-state index < -0.39 is 6.04 Å². The van der Waals surface area contributed by atoms with Crippen LogP contribution < -0.4 is 5.73 Å². The van der Waals surface area contributed by atoms with E-state index in [0.29, 0.717) is 38.5 Å². The van der Waals surface area contributed by atoms with Gasteiger partial charge in [0.15, 0.2) is 0 Å². The molecule has 17 heavy (non-hydrogen) atoms. The van der Waals surface area contributed by atoms with E-state index in [2.05, 4.69) is 0 Å². The average molecular weight is 241 g/mol. The Kier molecular flexibility index (Phi) is 8.38. The summed E-state index contributed by atoms with van der Waals surface area (Å²) in [6, 6.07) is 1.55. The van der Waals surface area contributed by atoms with Crippen LogP contribution in [0.25, 0.3) is 0 Å². The second-order valence-corrected chi connectivity index (χ2v) is 4.46. The molecule has 0 bridgehead atoms. The average Bonchev–Trinajstić information content (AvgIpc) is 2.27. The highest BCUT2D eigenvalue weighted by Gasteiger charge is 2.21. The molecule has 0 spiro atoms. The van der Waals surface area contributed by atoms with Crippen molar-refractivity contribution in [1.29, 1.82) is 5.26 Å². The molecule has 0 fully saturated rings. The van der Waals surface area contributed by atoms with Crippen LogP contribution in [0, 0.1) is 17.2 Å². The fourth-order valence-electron chi connectivity index (χ4n) is 1.56. The number of ether oxygens (including phenoxy) is 1. The molecule has 0 aliphatic rings. The number of nitrogens with zero attached hydrogens (tertiary/aromatic N) is 2. The van der Waals surface area contributed by atoms with Crippen molar-refractivity contribution in [3.05, 3.63) is 0 Å². The van der Waals surface area contributed by atoms with Crippen molar-refractivity contribution in [1.82, 2.24) is 4.90 Å². The highest BCUT2D eigenvalue weighted by Crippen LogP contribution is 2.06. The molecule has 1 atom stereocenters. The van der Waals surface area contributed by atoms with E-state index in [-0.39, 0.29) is 5.91 Å². The zero-order valence-electron chi connectivity index (χ0n) is 11.0. The van der Waals surface area contributed by atoms with E-state index in [4.69, 9.17) is 15.7 Å². The van der Waals surface area contributed by atoms with Crippen molar-refractivity contribution < 1.29 is 9.53 Å². The molecule has 0 aromatic rings. The summed E-state index contributed by atoms with van der Waals surface area (Å²) in [5.41, 5.74) is 5.85. The first-order chi connectivity index (χ1) is 8.02. The molecule has 0 unspecified atom stereocenters. The van der Waals surface area contributed by atoms with Gasteiger partial charge in [0.25, 0.3) is 0 Å². The predicted molar refractivity (Wildman–Crippen MR) is 66.1 cm³/mol. The Morgan fingerprint density at radius 2 is 2.12 bits per heavy atom. The van der Waals surface area contributed by atoms with Gasteiger partial charge in [0.2, 0.25) is 5.91 Å². The summed E-state index contributed by atoms with van der Waals surface area (Å²) in [7, 11) is 1.58. The minimum atomic E-state index is -0.481. The smallest absolute Gasteiger partial charge is 0.239 e. The van der Waals surface area contributed by atoms with Crippen LogP contribution in [0.5, 0.6) is 0 Å². The number of nitrogens with two attached hydrogens (primary N) is 1.